The van der Waals surface area contributed by atoms with E-state index in [-0.39, 0.29) is 12.5 Å². The second kappa shape index (κ2) is 36.0. The van der Waals surface area contributed by atoms with Crippen LogP contribution in [0.2, 0.25) is 0 Å². The predicted molar refractivity (Wildman–Crippen MR) is 197 cm³/mol. The van der Waals surface area contributed by atoms with Gasteiger partial charge in [-0.15, -0.1) is 0 Å². The van der Waals surface area contributed by atoms with E-state index in [9.17, 15) is 15.0 Å². The molecule has 0 aromatic carbocycles. The van der Waals surface area contributed by atoms with Crippen LogP contribution < -0.4 is 5.32 Å². The molecule has 0 heterocycles. The third kappa shape index (κ3) is 32.8. The van der Waals surface area contributed by atoms with Crippen molar-refractivity contribution >= 4 is 5.91 Å². The van der Waals surface area contributed by atoms with Crippen LogP contribution in [0.1, 0.15) is 149 Å². The van der Waals surface area contributed by atoms with Gasteiger partial charge in [-0.3, -0.25) is 4.79 Å². The number of carbonyl (C=O) groups is 1. The van der Waals surface area contributed by atoms with Gasteiger partial charge in [-0.05, 0) is 70.6 Å². The molecular weight excluding hydrogens is 554 g/mol. The molecule has 0 aliphatic carbocycles. The van der Waals surface area contributed by atoms with Crippen molar-refractivity contribution in [1.82, 2.24) is 5.32 Å². The topological polar surface area (TPSA) is 69.6 Å². The number of aliphatic hydroxyl groups excluding tert-OH is 2. The number of aliphatic hydroxyl groups is 2. The van der Waals surface area contributed by atoms with Gasteiger partial charge in [-0.25, -0.2) is 0 Å². The van der Waals surface area contributed by atoms with Crippen molar-refractivity contribution in [2.75, 3.05) is 6.61 Å². The molecule has 0 saturated heterocycles. The first-order valence-corrected chi connectivity index (χ1v) is 18.3. The summed E-state index contributed by atoms with van der Waals surface area (Å²) in [5.41, 5.74) is 0. The summed E-state index contributed by atoms with van der Waals surface area (Å²) in [5.74, 6) is -0.0720. The van der Waals surface area contributed by atoms with Gasteiger partial charge in [0.05, 0.1) is 18.8 Å². The summed E-state index contributed by atoms with van der Waals surface area (Å²) in [6.07, 6.45) is 52.1. The second-order valence-corrected chi connectivity index (χ2v) is 11.9. The summed E-state index contributed by atoms with van der Waals surface area (Å²) < 4.78 is 0. The first-order valence-electron chi connectivity index (χ1n) is 18.3. The normalized spacial score (nSPS) is 14.1. The number of unbranched alkanes of at least 4 members (excludes halogenated alkanes) is 10. The number of amides is 1. The molecule has 0 spiro atoms. The zero-order chi connectivity index (χ0) is 32.9. The molecule has 4 heteroatoms. The lowest BCUT2D eigenvalue weighted by molar-refractivity contribution is -0.123. The van der Waals surface area contributed by atoms with Gasteiger partial charge in [0.1, 0.15) is 0 Å². The van der Waals surface area contributed by atoms with E-state index < -0.39 is 12.1 Å². The van der Waals surface area contributed by atoms with Gasteiger partial charge in [0.15, 0.2) is 0 Å². The summed E-state index contributed by atoms with van der Waals surface area (Å²) in [4.78, 5) is 12.3. The number of hydrogen-bond donors (Lipinski definition) is 3. The molecule has 3 N–H and O–H groups in total. The lowest BCUT2D eigenvalue weighted by atomic mass is 10.0. The van der Waals surface area contributed by atoms with Crippen LogP contribution in [0.3, 0.4) is 0 Å². The quantitative estimate of drug-likeness (QED) is 0.0531. The van der Waals surface area contributed by atoms with Crippen molar-refractivity contribution < 1.29 is 15.0 Å². The molecule has 2 atom stereocenters. The lowest BCUT2D eigenvalue weighted by Gasteiger charge is -2.22. The Labute approximate surface area is 278 Å². The fraction of sp³-hybridized carbons (Fsp3) is 0.634. The molecule has 2 unspecified atom stereocenters. The highest BCUT2D eigenvalue weighted by molar-refractivity contribution is 5.76. The maximum absolute atomic E-state index is 12.3. The average molecular weight is 624 g/mol. The molecule has 0 radical (unpaired) electrons. The molecule has 0 aromatic heterocycles. The smallest absolute Gasteiger partial charge is 0.220 e. The van der Waals surface area contributed by atoms with Crippen LogP contribution >= 0.6 is 0 Å². The van der Waals surface area contributed by atoms with Crippen LogP contribution in [0.25, 0.3) is 0 Å². The van der Waals surface area contributed by atoms with E-state index in [1.807, 2.05) is 0 Å². The first kappa shape index (κ1) is 42.6. The van der Waals surface area contributed by atoms with Crippen molar-refractivity contribution in [3.63, 3.8) is 0 Å². The highest BCUT2D eigenvalue weighted by Crippen LogP contribution is 2.12. The molecule has 1 amide bonds. The number of carbonyl (C=O) groups excluding carboxylic acids is 1. The Balaban J connectivity index is 3.72. The van der Waals surface area contributed by atoms with E-state index in [2.05, 4.69) is 104 Å². The van der Waals surface area contributed by atoms with Crippen LogP contribution in [-0.2, 0) is 4.79 Å². The summed E-state index contributed by atoms with van der Waals surface area (Å²) in [6, 6.07) is -0.556. The van der Waals surface area contributed by atoms with Crippen molar-refractivity contribution in [3.05, 3.63) is 85.1 Å². The summed E-state index contributed by atoms with van der Waals surface area (Å²) in [6.45, 7) is 4.17. The fourth-order valence-electron chi connectivity index (χ4n) is 4.87. The van der Waals surface area contributed by atoms with Gasteiger partial charge in [0, 0.05) is 6.42 Å². The Kier molecular flexibility index (Phi) is 34.1. The Bertz CT molecular complexity index is 849. The molecule has 0 bridgehead atoms. The van der Waals surface area contributed by atoms with Crippen LogP contribution in [0, 0.1) is 0 Å². The monoisotopic (exact) mass is 624 g/mol. The molecule has 0 fully saturated rings. The van der Waals surface area contributed by atoms with Gasteiger partial charge in [-0.2, -0.15) is 0 Å². The Morgan fingerprint density at radius 3 is 1.44 bits per heavy atom. The van der Waals surface area contributed by atoms with E-state index in [0.717, 1.165) is 83.5 Å². The molecule has 4 nitrogen and oxygen atoms in total. The van der Waals surface area contributed by atoms with Gasteiger partial charge < -0.3 is 15.5 Å². The van der Waals surface area contributed by atoms with Gasteiger partial charge >= 0.3 is 0 Å². The Morgan fingerprint density at radius 1 is 0.556 bits per heavy atom. The van der Waals surface area contributed by atoms with E-state index >= 15 is 0 Å². The zero-order valence-corrected chi connectivity index (χ0v) is 29.1. The fourth-order valence-corrected chi connectivity index (χ4v) is 4.87. The largest absolute Gasteiger partial charge is 0.394 e. The van der Waals surface area contributed by atoms with Crippen LogP contribution in [0.4, 0.5) is 0 Å². The molecule has 256 valence electrons. The van der Waals surface area contributed by atoms with E-state index in [0.29, 0.717) is 12.8 Å². The van der Waals surface area contributed by atoms with E-state index in [4.69, 9.17) is 0 Å². The van der Waals surface area contributed by atoms with E-state index in [1.165, 1.54) is 38.5 Å². The first-order chi connectivity index (χ1) is 22.2. The van der Waals surface area contributed by atoms with Crippen molar-refractivity contribution in [2.24, 2.45) is 0 Å². The summed E-state index contributed by atoms with van der Waals surface area (Å²) >= 11 is 0. The van der Waals surface area contributed by atoms with Crippen molar-refractivity contribution in [3.8, 4) is 0 Å². The van der Waals surface area contributed by atoms with Gasteiger partial charge in [-0.1, -0.05) is 157 Å². The Hall–Kier alpha value is -2.43. The van der Waals surface area contributed by atoms with Crippen LogP contribution in [0.5, 0.6) is 0 Å². The maximum Gasteiger partial charge on any atom is 0.220 e. The number of allylic oxidation sites excluding steroid dienone is 14. The molecule has 45 heavy (non-hydrogen) atoms. The standard InChI is InChI=1S/C41H69NO3/c1-3-5-7-9-11-13-14-15-16-17-18-19-20-21-22-23-24-25-26-27-28-29-31-33-35-37-41(45)42-39(38-43)40(44)36-34-32-30-12-10-8-6-4-2/h5,7,11,13,15-16,18-19,21-22,24-25,27-28,39-40,43-44H,3-4,6,8-10,12,14,17,20,23,26,29-38H2,1-2H3,(H,42,45)/b7-5-,13-11-,16-15-,19-18-,22-21-,25-24-,28-27-. The zero-order valence-electron chi connectivity index (χ0n) is 29.1. The molecule has 0 rings (SSSR count). The highest BCUT2D eigenvalue weighted by atomic mass is 16.3. The minimum Gasteiger partial charge on any atom is -0.394 e. The maximum atomic E-state index is 12.3. The number of nitrogens with one attached hydrogen (secondary N) is 1. The Morgan fingerprint density at radius 2 is 0.978 bits per heavy atom. The predicted octanol–water partition coefficient (Wildman–Crippen LogP) is 10.9. The lowest BCUT2D eigenvalue weighted by Crippen LogP contribution is -2.45. The third-order valence-corrected chi connectivity index (χ3v) is 7.67. The van der Waals surface area contributed by atoms with Crippen molar-refractivity contribution in [1.29, 1.82) is 0 Å². The number of rotatable bonds is 31. The number of hydrogen-bond acceptors (Lipinski definition) is 3. The van der Waals surface area contributed by atoms with Gasteiger partial charge in [0.25, 0.3) is 0 Å². The highest BCUT2D eigenvalue weighted by Gasteiger charge is 2.19. The third-order valence-electron chi connectivity index (χ3n) is 7.67. The average Bonchev–Trinajstić information content (AvgIpc) is 3.04. The molecule has 0 saturated carbocycles. The molecule has 0 aliphatic heterocycles. The summed E-state index contributed by atoms with van der Waals surface area (Å²) in [5, 5.41) is 22.9. The van der Waals surface area contributed by atoms with Gasteiger partial charge in [0.2, 0.25) is 5.91 Å². The molecular formula is C41H69NO3. The molecule has 0 aliphatic rings. The van der Waals surface area contributed by atoms with Crippen molar-refractivity contribution in [2.45, 2.75) is 161 Å². The minimum atomic E-state index is -0.676. The summed E-state index contributed by atoms with van der Waals surface area (Å²) in [7, 11) is 0. The van der Waals surface area contributed by atoms with E-state index in [1.54, 1.807) is 0 Å². The molecule has 0 aromatic rings. The second-order valence-electron chi connectivity index (χ2n) is 11.9. The van der Waals surface area contributed by atoms with Crippen LogP contribution in [0.15, 0.2) is 85.1 Å². The minimum absolute atomic E-state index is 0.0720. The SMILES string of the molecule is CC/C=C\C/C=C\C/C=C\C/C=C\C/C=C\C/C=C\C/C=C\CCCCCC(=O)NC(CO)C(O)CCCCCCCCCC. The van der Waals surface area contributed by atoms with Crippen LogP contribution in [-0.4, -0.2) is 34.9 Å².